The van der Waals surface area contributed by atoms with Crippen LogP contribution in [0.25, 0.3) is 0 Å². The monoisotopic (exact) mass is 304 g/mol. The molecule has 7 heteroatoms. The van der Waals surface area contributed by atoms with Gasteiger partial charge in [0.05, 0.1) is 5.56 Å². The number of halogens is 5. The molecule has 0 radical (unpaired) electrons. The number of alkyl halides is 3. The molecule has 0 aliphatic rings. The van der Waals surface area contributed by atoms with Crippen LogP contribution < -0.4 is 5.32 Å². The minimum absolute atomic E-state index is 0.0594. The fourth-order valence-corrected chi connectivity index (χ4v) is 1.80. The summed E-state index contributed by atoms with van der Waals surface area (Å²) in [5.74, 6) is -0.457. The Morgan fingerprint density at radius 3 is 2.45 bits per heavy atom. The van der Waals surface area contributed by atoms with E-state index in [-0.39, 0.29) is 11.0 Å². The first kappa shape index (κ1) is 14.6. The van der Waals surface area contributed by atoms with E-state index in [0.717, 1.165) is 12.1 Å². The van der Waals surface area contributed by atoms with Crippen LogP contribution in [0.4, 0.5) is 29.1 Å². The van der Waals surface area contributed by atoms with Crippen LogP contribution >= 0.6 is 11.6 Å². The Morgan fingerprint density at radius 1 is 1.15 bits per heavy atom. The van der Waals surface area contributed by atoms with Crippen molar-refractivity contribution >= 4 is 23.1 Å². The lowest BCUT2D eigenvalue weighted by molar-refractivity contribution is -0.137. The minimum atomic E-state index is -4.51. The number of pyridine rings is 1. The van der Waals surface area contributed by atoms with Crippen molar-refractivity contribution < 1.29 is 17.6 Å². The summed E-state index contributed by atoms with van der Waals surface area (Å²) < 4.78 is 51.0. The molecule has 0 atom stereocenters. The van der Waals surface area contributed by atoms with Crippen molar-refractivity contribution in [2.75, 3.05) is 5.32 Å². The molecule has 0 amide bonds. The van der Waals surface area contributed by atoms with Crippen LogP contribution in [0.3, 0.4) is 0 Å². The number of aromatic nitrogens is 1. The van der Waals surface area contributed by atoms with Crippen molar-refractivity contribution in [3.63, 3.8) is 0 Å². The van der Waals surface area contributed by atoms with Crippen molar-refractivity contribution in [1.82, 2.24) is 4.98 Å². The van der Waals surface area contributed by atoms with Crippen molar-refractivity contribution in [3.8, 4) is 0 Å². The normalized spacial score (nSPS) is 11.5. The van der Waals surface area contributed by atoms with Gasteiger partial charge < -0.3 is 5.32 Å². The Kier molecular flexibility index (Phi) is 3.85. The molecule has 20 heavy (non-hydrogen) atoms. The first-order valence-electron chi connectivity index (χ1n) is 5.53. The molecule has 0 bridgehead atoms. The SMILES string of the molecule is Cc1cc(Nc2cc(C(F)(F)F)cc(Cl)n2)ccc1F. The number of anilines is 2. The number of hydrogen-bond acceptors (Lipinski definition) is 2. The highest BCUT2D eigenvalue weighted by atomic mass is 35.5. The molecular formula is C13H9ClF4N2. The fourth-order valence-electron chi connectivity index (χ4n) is 1.59. The standard InChI is InChI=1S/C13H9ClF4N2/c1-7-4-9(2-3-10(7)15)19-12-6-8(13(16,17)18)5-11(14)20-12/h2-6H,1H3,(H,19,20). The molecular weight excluding hydrogens is 296 g/mol. The molecule has 1 N–H and O–H groups in total. The largest absolute Gasteiger partial charge is 0.416 e. The predicted molar refractivity (Wildman–Crippen MR) is 68.7 cm³/mol. The molecule has 0 aliphatic carbocycles. The van der Waals surface area contributed by atoms with E-state index in [1.165, 1.54) is 18.2 Å². The van der Waals surface area contributed by atoms with Gasteiger partial charge in [0, 0.05) is 5.69 Å². The lowest BCUT2D eigenvalue weighted by Crippen LogP contribution is -2.06. The van der Waals surface area contributed by atoms with Crippen LogP contribution in [-0.2, 0) is 6.18 Å². The quantitative estimate of drug-likeness (QED) is 0.627. The molecule has 0 aliphatic heterocycles. The maximum absolute atomic E-state index is 13.1. The van der Waals surface area contributed by atoms with Crippen molar-refractivity contribution in [2.24, 2.45) is 0 Å². The average Bonchev–Trinajstić information content (AvgIpc) is 2.32. The average molecular weight is 305 g/mol. The van der Waals surface area contributed by atoms with Crippen LogP contribution in [0.2, 0.25) is 5.15 Å². The third-order valence-electron chi connectivity index (χ3n) is 2.55. The summed E-state index contributed by atoms with van der Waals surface area (Å²) in [6, 6.07) is 5.66. The maximum Gasteiger partial charge on any atom is 0.416 e. The van der Waals surface area contributed by atoms with Gasteiger partial charge in [-0.25, -0.2) is 9.37 Å². The van der Waals surface area contributed by atoms with Crippen LogP contribution in [0, 0.1) is 12.7 Å². The second kappa shape index (κ2) is 5.28. The highest BCUT2D eigenvalue weighted by Gasteiger charge is 2.31. The zero-order valence-corrected chi connectivity index (χ0v) is 11.0. The van der Waals surface area contributed by atoms with Gasteiger partial charge in [0.15, 0.2) is 0 Å². The van der Waals surface area contributed by atoms with Crippen LogP contribution in [0.5, 0.6) is 0 Å². The molecule has 2 aromatic rings. The number of nitrogens with one attached hydrogen (secondary N) is 1. The molecule has 0 saturated carbocycles. The Morgan fingerprint density at radius 2 is 1.85 bits per heavy atom. The summed E-state index contributed by atoms with van der Waals surface area (Å²) in [5.41, 5.74) is -0.112. The summed E-state index contributed by atoms with van der Waals surface area (Å²) in [7, 11) is 0. The predicted octanol–water partition coefficient (Wildman–Crippen LogP) is 4.94. The summed E-state index contributed by atoms with van der Waals surface area (Å²) in [6.45, 7) is 1.55. The third-order valence-corrected chi connectivity index (χ3v) is 2.75. The number of aryl methyl sites for hydroxylation is 1. The molecule has 0 fully saturated rings. The highest BCUT2D eigenvalue weighted by molar-refractivity contribution is 6.29. The molecule has 1 aromatic heterocycles. The van der Waals surface area contributed by atoms with Gasteiger partial charge in [-0.3, -0.25) is 0 Å². The Balaban J connectivity index is 2.33. The van der Waals surface area contributed by atoms with Gasteiger partial charge in [0.25, 0.3) is 0 Å². The van der Waals surface area contributed by atoms with Crippen LogP contribution in [0.1, 0.15) is 11.1 Å². The molecule has 106 valence electrons. The number of nitrogens with zero attached hydrogens (tertiary/aromatic N) is 1. The fraction of sp³-hybridized carbons (Fsp3) is 0.154. The van der Waals surface area contributed by atoms with Gasteiger partial charge in [0.2, 0.25) is 0 Å². The van der Waals surface area contributed by atoms with E-state index in [1.54, 1.807) is 6.92 Å². The minimum Gasteiger partial charge on any atom is -0.340 e. The Bertz CT molecular complexity index is 641. The van der Waals surface area contributed by atoms with E-state index in [2.05, 4.69) is 10.3 Å². The van der Waals surface area contributed by atoms with E-state index in [0.29, 0.717) is 11.3 Å². The highest BCUT2D eigenvalue weighted by Crippen LogP contribution is 2.32. The number of rotatable bonds is 2. The van der Waals surface area contributed by atoms with E-state index < -0.39 is 17.6 Å². The van der Waals surface area contributed by atoms with Crippen LogP contribution in [0.15, 0.2) is 30.3 Å². The van der Waals surface area contributed by atoms with Gasteiger partial charge in [-0.15, -0.1) is 0 Å². The first-order valence-corrected chi connectivity index (χ1v) is 5.91. The lowest BCUT2D eigenvalue weighted by atomic mass is 10.2. The number of hydrogen-bond donors (Lipinski definition) is 1. The van der Waals surface area contributed by atoms with Gasteiger partial charge >= 0.3 is 6.18 Å². The van der Waals surface area contributed by atoms with E-state index in [4.69, 9.17) is 11.6 Å². The summed E-state index contributed by atoms with van der Waals surface area (Å²) in [6.07, 6.45) is -4.51. The molecule has 1 aromatic carbocycles. The Labute approximate surface area is 117 Å². The van der Waals surface area contributed by atoms with Crippen molar-refractivity contribution in [2.45, 2.75) is 13.1 Å². The molecule has 2 nitrogen and oxygen atoms in total. The van der Waals surface area contributed by atoms with Gasteiger partial charge in [0.1, 0.15) is 16.8 Å². The third kappa shape index (κ3) is 3.39. The zero-order chi connectivity index (χ0) is 14.9. The molecule has 0 spiro atoms. The smallest absolute Gasteiger partial charge is 0.340 e. The molecule has 2 rings (SSSR count). The molecule has 0 saturated heterocycles. The summed E-state index contributed by atoms with van der Waals surface area (Å²) >= 11 is 5.57. The Hall–Kier alpha value is -1.82. The maximum atomic E-state index is 13.1. The topological polar surface area (TPSA) is 24.9 Å². The lowest BCUT2D eigenvalue weighted by Gasteiger charge is -2.11. The van der Waals surface area contributed by atoms with E-state index in [9.17, 15) is 17.6 Å². The molecule has 1 heterocycles. The van der Waals surface area contributed by atoms with E-state index >= 15 is 0 Å². The van der Waals surface area contributed by atoms with Gasteiger partial charge in [-0.1, -0.05) is 11.6 Å². The first-order chi connectivity index (χ1) is 9.25. The summed E-state index contributed by atoms with van der Waals surface area (Å²) in [5, 5.41) is 2.39. The van der Waals surface area contributed by atoms with Gasteiger partial charge in [-0.05, 0) is 42.8 Å². The second-order valence-electron chi connectivity index (χ2n) is 4.15. The number of benzene rings is 1. The second-order valence-corrected chi connectivity index (χ2v) is 4.54. The molecule has 0 unspecified atom stereocenters. The van der Waals surface area contributed by atoms with Gasteiger partial charge in [-0.2, -0.15) is 13.2 Å². The van der Waals surface area contributed by atoms with Crippen molar-refractivity contribution in [3.05, 3.63) is 52.4 Å². The van der Waals surface area contributed by atoms with Crippen molar-refractivity contribution in [1.29, 1.82) is 0 Å². The van der Waals surface area contributed by atoms with Crippen LogP contribution in [-0.4, -0.2) is 4.98 Å². The summed E-state index contributed by atoms with van der Waals surface area (Å²) in [4.78, 5) is 3.76. The zero-order valence-electron chi connectivity index (χ0n) is 10.2. The van der Waals surface area contributed by atoms with E-state index in [1.807, 2.05) is 0 Å².